The van der Waals surface area contributed by atoms with E-state index in [1.54, 1.807) is 10.9 Å². The molecule has 0 aliphatic carbocycles. The van der Waals surface area contributed by atoms with Crippen LogP contribution in [0.1, 0.15) is 17.2 Å². The average Bonchev–Trinajstić information content (AvgIpc) is 3.17. The monoisotopic (exact) mass is 367 g/mol. The van der Waals surface area contributed by atoms with E-state index in [1.807, 2.05) is 66.9 Å². The highest BCUT2D eigenvalue weighted by Crippen LogP contribution is 2.17. The molecule has 26 heavy (non-hydrogen) atoms. The molecule has 0 aliphatic rings. The predicted octanol–water partition coefficient (Wildman–Crippen LogP) is 2.96. The number of benzene rings is 2. The van der Waals surface area contributed by atoms with Gasteiger partial charge in [0, 0.05) is 24.1 Å². The normalized spacial score (nSPS) is 11.9. The van der Waals surface area contributed by atoms with Crippen LogP contribution in [0.5, 0.6) is 0 Å². The number of hydrogen-bond acceptors (Lipinski definition) is 4. The quantitative estimate of drug-likeness (QED) is 0.642. The maximum Gasteiger partial charge on any atom is 0.230 e. The third kappa shape index (κ3) is 5.21. The Morgan fingerprint density at radius 2 is 1.81 bits per heavy atom. The number of aromatic nitrogens is 2. The summed E-state index contributed by atoms with van der Waals surface area (Å²) in [7, 11) is 0. The van der Waals surface area contributed by atoms with Crippen molar-refractivity contribution >= 4 is 17.7 Å². The van der Waals surface area contributed by atoms with Crippen LogP contribution in [0.2, 0.25) is 0 Å². The van der Waals surface area contributed by atoms with E-state index in [1.165, 1.54) is 11.8 Å². The Morgan fingerprint density at radius 3 is 2.54 bits per heavy atom. The van der Waals surface area contributed by atoms with Crippen LogP contribution in [0.3, 0.4) is 0 Å². The van der Waals surface area contributed by atoms with E-state index in [9.17, 15) is 9.90 Å². The molecule has 0 aliphatic heterocycles. The Morgan fingerprint density at radius 1 is 1.12 bits per heavy atom. The van der Waals surface area contributed by atoms with Gasteiger partial charge in [0.15, 0.2) is 0 Å². The number of hydrogen-bond donors (Lipinski definition) is 2. The van der Waals surface area contributed by atoms with Gasteiger partial charge in [0.1, 0.15) is 0 Å². The van der Waals surface area contributed by atoms with Gasteiger partial charge in [-0.15, -0.1) is 11.8 Å². The molecule has 1 heterocycles. The third-order valence-electron chi connectivity index (χ3n) is 3.84. The number of rotatable bonds is 8. The minimum atomic E-state index is -0.557. The Bertz CT molecular complexity index is 821. The van der Waals surface area contributed by atoms with Crippen LogP contribution in [0.25, 0.3) is 5.69 Å². The van der Waals surface area contributed by atoms with Gasteiger partial charge in [-0.05, 0) is 17.7 Å². The maximum atomic E-state index is 12.0. The molecule has 3 rings (SSSR count). The van der Waals surface area contributed by atoms with E-state index in [0.29, 0.717) is 18.1 Å². The Hall–Kier alpha value is -2.57. The van der Waals surface area contributed by atoms with Gasteiger partial charge in [-0.25, -0.2) is 4.68 Å². The minimum absolute atomic E-state index is 0.0530. The first kappa shape index (κ1) is 18.2. The summed E-state index contributed by atoms with van der Waals surface area (Å²) in [5.74, 6) is 0.753. The molecule has 1 unspecified atom stereocenters. The summed E-state index contributed by atoms with van der Waals surface area (Å²) < 4.78 is 1.78. The Labute approximate surface area is 157 Å². The van der Waals surface area contributed by atoms with Gasteiger partial charge in [0.05, 0.1) is 23.7 Å². The summed E-state index contributed by atoms with van der Waals surface area (Å²) in [4.78, 5) is 12.0. The van der Waals surface area contributed by atoms with Crippen LogP contribution in [-0.2, 0) is 11.3 Å². The number of aliphatic hydroxyl groups excluding tert-OH is 1. The van der Waals surface area contributed by atoms with Gasteiger partial charge in [-0.3, -0.25) is 4.79 Å². The summed E-state index contributed by atoms with van der Waals surface area (Å²) in [6.45, 7) is 0.438. The molecule has 0 saturated heterocycles. The van der Waals surface area contributed by atoms with Crippen molar-refractivity contribution < 1.29 is 9.90 Å². The highest BCUT2D eigenvalue weighted by atomic mass is 32.2. The van der Waals surface area contributed by atoms with E-state index in [-0.39, 0.29) is 5.91 Å². The smallest absolute Gasteiger partial charge is 0.230 e. The zero-order valence-corrected chi connectivity index (χ0v) is 15.1. The van der Waals surface area contributed by atoms with E-state index in [4.69, 9.17) is 0 Å². The van der Waals surface area contributed by atoms with Crippen LogP contribution in [0, 0.1) is 0 Å². The zero-order valence-electron chi connectivity index (χ0n) is 14.3. The second-order valence-corrected chi connectivity index (χ2v) is 6.88. The topological polar surface area (TPSA) is 67.2 Å². The van der Waals surface area contributed by atoms with Crippen molar-refractivity contribution in [3.8, 4) is 5.69 Å². The Balaban J connectivity index is 1.40. The fourth-order valence-corrected chi connectivity index (χ4v) is 3.28. The lowest BCUT2D eigenvalue weighted by Crippen LogP contribution is -2.24. The third-order valence-corrected chi connectivity index (χ3v) is 4.86. The number of para-hydroxylation sites is 1. The molecule has 0 saturated carbocycles. The van der Waals surface area contributed by atoms with Crippen LogP contribution < -0.4 is 5.32 Å². The van der Waals surface area contributed by atoms with Crippen LogP contribution in [0.4, 0.5) is 0 Å². The van der Waals surface area contributed by atoms with E-state index in [2.05, 4.69) is 10.4 Å². The highest BCUT2D eigenvalue weighted by Gasteiger charge is 2.09. The first-order valence-electron chi connectivity index (χ1n) is 8.39. The first-order valence-corrected chi connectivity index (χ1v) is 9.54. The molecule has 0 bridgehead atoms. The molecule has 3 aromatic rings. The van der Waals surface area contributed by atoms with Crippen molar-refractivity contribution in [2.75, 3.05) is 11.5 Å². The lowest BCUT2D eigenvalue weighted by molar-refractivity contribution is -0.118. The molecule has 0 radical (unpaired) electrons. The van der Waals surface area contributed by atoms with Gasteiger partial charge >= 0.3 is 0 Å². The van der Waals surface area contributed by atoms with Gasteiger partial charge in [-0.1, -0.05) is 48.5 Å². The molecule has 1 amide bonds. The number of nitrogens with one attached hydrogen (secondary N) is 1. The average molecular weight is 367 g/mol. The summed E-state index contributed by atoms with van der Waals surface area (Å²) in [6.07, 6.45) is 3.10. The van der Waals surface area contributed by atoms with E-state index >= 15 is 0 Å². The second-order valence-electron chi connectivity index (χ2n) is 5.85. The standard InChI is InChI=1S/C20H21N3O2S/c24-19(17-7-3-1-4-8-17)14-26-15-20(25)21-11-16-12-22-23(13-16)18-9-5-2-6-10-18/h1-10,12-13,19,24H,11,14-15H2,(H,21,25). The number of carbonyl (C=O) groups excluding carboxylic acids is 1. The summed E-state index contributed by atoms with van der Waals surface area (Å²) >= 11 is 1.42. The van der Waals surface area contributed by atoms with E-state index in [0.717, 1.165) is 16.8 Å². The summed E-state index contributed by atoms with van der Waals surface area (Å²) in [5.41, 5.74) is 2.79. The zero-order chi connectivity index (χ0) is 18.2. The summed E-state index contributed by atoms with van der Waals surface area (Å²) in [5, 5.41) is 17.3. The van der Waals surface area contributed by atoms with Gasteiger partial charge in [-0.2, -0.15) is 5.10 Å². The van der Waals surface area contributed by atoms with Crippen molar-refractivity contribution in [1.82, 2.24) is 15.1 Å². The maximum absolute atomic E-state index is 12.0. The number of thioether (sulfide) groups is 1. The molecule has 6 heteroatoms. The molecule has 5 nitrogen and oxygen atoms in total. The number of carbonyl (C=O) groups is 1. The molecule has 1 aromatic heterocycles. The minimum Gasteiger partial charge on any atom is -0.388 e. The predicted molar refractivity (Wildman–Crippen MR) is 104 cm³/mol. The molecule has 0 fully saturated rings. The lowest BCUT2D eigenvalue weighted by atomic mass is 10.1. The molecule has 134 valence electrons. The van der Waals surface area contributed by atoms with Crippen molar-refractivity contribution in [2.24, 2.45) is 0 Å². The van der Waals surface area contributed by atoms with Crippen LogP contribution in [0.15, 0.2) is 73.1 Å². The van der Waals surface area contributed by atoms with Crippen molar-refractivity contribution in [1.29, 1.82) is 0 Å². The van der Waals surface area contributed by atoms with Crippen LogP contribution in [-0.4, -0.2) is 32.3 Å². The summed E-state index contributed by atoms with van der Waals surface area (Å²) in [6, 6.07) is 19.3. The number of amides is 1. The van der Waals surface area contributed by atoms with Gasteiger partial charge < -0.3 is 10.4 Å². The molecular formula is C20H21N3O2S. The van der Waals surface area contributed by atoms with Gasteiger partial charge in [0.25, 0.3) is 0 Å². The highest BCUT2D eigenvalue weighted by molar-refractivity contribution is 7.99. The fourth-order valence-electron chi connectivity index (χ4n) is 2.46. The SMILES string of the molecule is O=C(CSCC(O)c1ccccc1)NCc1cnn(-c2ccccc2)c1. The lowest BCUT2D eigenvalue weighted by Gasteiger charge is -2.10. The van der Waals surface area contributed by atoms with Crippen LogP contribution >= 0.6 is 11.8 Å². The molecule has 1 atom stereocenters. The van der Waals surface area contributed by atoms with E-state index < -0.39 is 6.10 Å². The van der Waals surface area contributed by atoms with Crippen molar-refractivity contribution in [2.45, 2.75) is 12.6 Å². The molecule has 2 N–H and O–H groups in total. The Kier molecular flexibility index (Phi) is 6.46. The van der Waals surface area contributed by atoms with Crippen molar-refractivity contribution in [3.63, 3.8) is 0 Å². The van der Waals surface area contributed by atoms with Crippen molar-refractivity contribution in [3.05, 3.63) is 84.2 Å². The fraction of sp³-hybridized carbons (Fsp3) is 0.200. The number of nitrogens with zero attached hydrogens (tertiary/aromatic N) is 2. The molecular weight excluding hydrogens is 346 g/mol. The molecule has 2 aromatic carbocycles. The number of aliphatic hydroxyl groups is 1. The second kappa shape index (κ2) is 9.22. The van der Waals surface area contributed by atoms with Gasteiger partial charge in [0.2, 0.25) is 5.91 Å². The molecule has 0 spiro atoms. The first-order chi connectivity index (χ1) is 12.7. The largest absolute Gasteiger partial charge is 0.388 e.